The molecule has 1 aromatic rings. The van der Waals surface area contributed by atoms with Gasteiger partial charge in [-0.05, 0) is 12.1 Å². The minimum absolute atomic E-state index is 0.117. The van der Waals surface area contributed by atoms with Crippen LogP contribution in [0.1, 0.15) is 10.4 Å². The zero-order valence-electron chi connectivity index (χ0n) is 11.1. The number of methoxy groups -OCH3 is 1. The largest absolute Gasteiger partial charge is 0.494 e. The maximum Gasteiger partial charge on any atom is 0.328 e. The topological polar surface area (TPSA) is 95.9 Å². The molecule has 1 saturated heterocycles. The fraction of sp³-hybridized carbons (Fsp3) is 0.308. The molecular weight excluding hydrogens is 300 g/mol. The lowest BCUT2D eigenvalue weighted by molar-refractivity contribution is -0.144. The monoisotopic (exact) mass is 312 g/mol. The average molecular weight is 313 g/mol. The first-order chi connectivity index (χ1) is 9.95. The van der Waals surface area contributed by atoms with Crippen molar-refractivity contribution >= 4 is 29.4 Å². The standard InChI is InChI=1S/C13H13ClN2O5/c1-21-11-7(3-2-4-8(11)14)12(18)16-6-10(17)15-5-9(16)13(19)20/h2-4,9H,5-6H2,1H3,(H,15,17)(H,19,20). The van der Waals surface area contributed by atoms with E-state index in [4.69, 9.17) is 21.4 Å². The summed E-state index contributed by atoms with van der Waals surface area (Å²) in [7, 11) is 1.36. The average Bonchev–Trinajstić information content (AvgIpc) is 2.45. The van der Waals surface area contributed by atoms with Crippen LogP contribution in [0.4, 0.5) is 0 Å². The maximum atomic E-state index is 12.5. The Morgan fingerprint density at radius 2 is 2.19 bits per heavy atom. The number of aliphatic carboxylic acids is 1. The number of amides is 2. The van der Waals surface area contributed by atoms with Crippen LogP contribution in [-0.4, -0.2) is 54.0 Å². The Balaban J connectivity index is 2.39. The Morgan fingerprint density at radius 3 is 2.81 bits per heavy atom. The molecule has 0 spiro atoms. The van der Waals surface area contributed by atoms with E-state index in [9.17, 15) is 14.4 Å². The number of para-hydroxylation sites is 1. The number of nitrogens with zero attached hydrogens (tertiary/aromatic N) is 1. The molecule has 1 atom stereocenters. The van der Waals surface area contributed by atoms with Crippen molar-refractivity contribution in [2.75, 3.05) is 20.2 Å². The van der Waals surface area contributed by atoms with Gasteiger partial charge in [-0.1, -0.05) is 17.7 Å². The molecular formula is C13H13ClN2O5. The molecule has 2 N–H and O–H groups in total. The van der Waals surface area contributed by atoms with E-state index in [1.807, 2.05) is 0 Å². The van der Waals surface area contributed by atoms with Gasteiger partial charge in [0.25, 0.3) is 5.91 Å². The van der Waals surface area contributed by atoms with Gasteiger partial charge in [-0.3, -0.25) is 9.59 Å². The summed E-state index contributed by atoms with van der Waals surface area (Å²) in [6.45, 7) is -0.464. The predicted octanol–water partition coefficient (Wildman–Crippen LogP) is 0.374. The van der Waals surface area contributed by atoms with Crippen molar-refractivity contribution in [3.63, 3.8) is 0 Å². The molecule has 1 aliphatic rings. The lowest BCUT2D eigenvalue weighted by Gasteiger charge is -2.33. The van der Waals surface area contributed by atoms with Crippen LogP contribution >= 0.6 is 11.6 Å². The predicted molar refractivity (Wildman–Crippen MR) is 73.5 cm³/mol. The van der Waals surface area contributed by atoms with E-state index in [1.165, 1.54) is 13.2 Å². The number of piperazine rings is 1. The molecule has 1 unspecified atom stereocenters. The van der Waals surface area contributed by atoms with Crippen LogP contribution < -0.4 is 10.1 Å². The summed E-state index contributed by atoms with van der Waals surface area (Å²) >= 11 is 5.95. The van der Waals surface area contributed by atoms with Crippen molar-refractivity contribution in [3.05, 3.63) is 28.8 Å². The minimum Gasteiger partial charge on any atom is -0.494 e. The molecule has 1 heterocycles. The van der Waals surface area contributed by atoms with E-state index >= 15 is 0 Å². The number of carboxylic acid groups (broad SMARTS) is 1. The van der Waals surface area contributed by atoms with Gasteiger partial charge < -0.3 is 20.1 Å². The van der Waals surface area contributed by atoms with E-state index in [2.05, 4.69) is 5.32 Å². The molecule has 0 saturated carbocycles. The van der Waals surface area contributed by atoms with Crippen molar-refractivity contribution in [1.82, 2.24) is 10.2 Å². The third-order valence-corrected chi connectivity index (χ3v) is 3.43. The zero-order chi connectivity index (χ0) is 15.6. The van der Waals surface area contributed by atoms with Crippen LogP contribution in [-0.2, 0) is 9.59 Å². The van der Waals surface area contributed by atoms with Gasteiger partial charge in [-0.2, -0.15) is 0 Å². The van der Waals surface area contributed by atoms with Crippen molar-refractivity contribution in [2.24, 2.45) is 0 Å². The smallest absolute Gasteiger partial charge is 0.328 e. The van der Waals surface area contributed by atoms with Gasteiger partial charge in [0.1, 0.15) is 18.3 Å². The van der Waals surface area contributed by atoms with Crippen molar-refractivity contribution < 1.29 is 24.2 Å². The summed E-state index contributed by atoms with van der Waals surface area (Å²) in [5, 5.41) is 11.8. The number of carbonyl (C=O) groups excluding carboxylic acids is 2. The van der Waals surface area contributed by atoms with Crippen molar-refractivity contribution in [3.8, 4) is 5.75 Å². The van der Waals surface area contributed by atoms with Crippen LogP contribution in [0.15, 0.2) is 18.2 Å². The Labute approximate surface area is 125 Å². The second-order valence-corrected chi connectivity index (χ2v) is 4.82. The molecule has 0 radical (unpaired) electrons. The van der Waals surface area contributed by atoms with Crippen LogP contribution in [0.2, 0.25) is 5.02 Å². The highest BCUT2D eigenvalue weighted by Crippen LogP contribution is 2.29. The highest BCUT2D eigenvalue weighted by Gasteiger charge is 2.36. The minimum atomic E-state index is -1.19. The maximum absolute atomic E-state index is 12.5. The quantitative estimate of drug-likeness (QED) is 0.841. The Morgan fingerprint density at radius 1 is 1.48 bits per heavy atom. The first-order valence-electron chi connectivity index (χ1n) is 6.08. The van der Waals surface area contributed by atoms with Crippen LogP contribution in [0, 0.1) is 0 Å². The second-order valence-electron chi connectivity index (χ2n) is 4.41. The molecule has 2 amide bonds. The molecule has 0 bridgehead atoms. The van der Waals surface area contributed by atoms with E-state index in [-0.39, 0.29) is 29.4 Å². The molecule has 0 aromatic heterocycles. The Kier molecular flexibility index (Phi) is 4.32. The molecule has 21 heavy (non-hydrogen) atoms. The molecule has 1 aromatic carbocycles. The van der Waals surface area contributed by atoms with Crippen molar-refractivity contribution in [2.45, 2.75) is 6.04 Å². The van der Waals surface area contributed by atoms with Gasteiger partial charge in [0.2, 0.25) is 5.91 Å². The Bertz CT molecular complexity index is 604. The summed E-state index contributed by atoms with van der Waals surface area (Å²) < 4.78 is 5.08. The summed E-state index contributed by atoms with van der Waals surface area (Å²) in [4.78, 5) is 36.2. The first-order valence-corrected chi connectivity index (χ1v) is 6.46. The van der Waals surface area contributed by atoms with Crippen LogP contribution in [0.25, 0.3) is 0 Å². The third kappa shape index (κ3) is 2.92. The van der Waals surface area contributed by atoms with Gasteiger partial charge in [0.15, 0.2) is 0 Å². The van der Waals surface area contributed by atoms with Gasteiger partial charge in [0, 0.05) is 6.54 Å². The second kappa shape index (κ2) is 6.01. The van der Waals surface area contributed by atoms with E-state index in [1.54, 1.807) is 12.1 Å². The zero-order valence-corrected chi connectivity index (χ0v) is 11.9. The number of carbonyl (C=O) groups is 3. The van der Waals surface area contributed by atoms with E-state index in [0.29, 0.717) is 0 Å². The highest BCUT2D eigenvalue weighted by atomic mass is 35.5. The van der Waals surface area contributed by atoms with Gasteiger partial charge in [0.05, 0.1) is 17.7 Å². The lowest BCUT2D eigenvalue weighted by Crippen LogP contribution is -2.59. The number of ether oxygens (including phenoxy) is 1. The molecule has 0 aliphatic carbocycles. The number of nitrogens with one attached hydrogen (secondary N) is 1. The fourth-order valence-corrected chi connectivity index (χ4v) is 2.37. The molecule has 8 heteroatoms. The van der Waals surface area contributed by atoms with E-state index in [0.717, 1.165) is 4.90 Å². The number of halogens is 1. The molecule has 2 rings (SSSR count). The first kappa shape index (κ1) is 15.1. The molecule has 112 valence electrons. The number of benzene rings is 1. The summed E-state index contributed by atoms with van der Waals surface area (Å²) in [6.07, 6.45) is 0. The summed E-state index contributed by atoms with van der Waals surface area (Å²) in [6, 6.07) is 3.45. The van der Waals surface area contributed by atoms with Gasteiger partial charge in [-0.25, -0.2) is 4.79 Å². The third-order valence-electron chi connectivity index (χ3n) is 3.13. The SMILES string of the molecule is COc1c(Cl)cccc1C(=O)N1CC(=O)NCC1C(=O)O. The molecule has 7 nitrogen and oxygen atoms in total. The van der Waals surface area contributed by atoms with E-state index < -0.39 is 23.8 Å². The van der Waals surface area contributed by atoms with Gasteiger partial charge in [-0.15, -0.1) is 0 Å². The Hall–Kier alpha value is -2.28. The highest BCUT2D eigenvalue weighted by molar-refractivity contribution is 6.32. The fourth-order valence-electron chi connectivity index (χ4n) is 2.11. The van der Waals surface area contributed by atoms with Crippen LogP contribution in [0.5, 0.6) is 5.75 Å². The number of rotatable bonds is 3. The van der Waals surface area contributed by atoms with Crippen LogP contribution in [0.3, 0.4) is 0 Å². The number of hydrogen-bond donors (Lipinski definition) is 2. The summed E-state index contributed by atoms with van der Waals surface area (Å²) in [5.41, 5.74) is 0.117. The summed E-state index contributed by atoms with van der Waals surface area (Å²) in [5.74, 6) is -2.07. The molecule has 1 aliphatic heterocycles. The van der Waals surface area contributed by atoms with Crippen molar-refractivity contribution in [1.29, 1.82) is 0 Å². The molecule has 1 fully saturated rings. The number of carboxylic acids is 1. The normalized spacial score (nSPS) is 18.1. The lowest BCUT2D eigenvalue weighted by atomic mass is 10.1. The number of hydrogen-bond acceptors (Lipinski definition) is 4. The van der Waals surface area contributed by atoms with Gasteiger partial charge >= 0.3 is 5.97 Å².